The number of nitrogens with one attached hydrogen (secondary N) is 2. The number of ether oxygens (including phenoxy) is 2. The van der Waals surface area contributed by atoms with Gasteiger partial charge in [-0.2, -0.15) is 4.98 Å². The molecule has 2 aliphatic heterocycles. The van der Waals surface area contributed by atoms with Gasteiger partial charge >= 0.3 is 5.69 Å². The second-order valence-electron chi connectivity index (χ2n) is 18.1. The molecule has 1 atom stereocenters. The molecular weight excluding hydrogens is 811 g/mol. The van der Waals surface area contributed by atoms with E-state index < -0.39 is 11.9 Å². The SMILES string of the molecule is CCC(CC)CNc1ncc2c(-c3ccc(CN4CCN(CCOCCOCCCc5ccc6c(c5)n(C)c(=O)n6C5CCC(=O)NC5=O)CC4)cc3)cn(C3CCC(O)CC3)c2n1. The first kappa shape index (κ1) is 45.6. The van der Waals surface area contributed by atoms with E-state index in [1.54, 1.807) is 11.6 Å². The number of aromatic nitrogens is 5. The lowest BCUT2D eigenvalue weighted by Gasteiger charge is -2.34. The fraction of sp³-hybridized carbons (Fsp3) is 0.571. The molecular formula is C49H67N9O6. The van der Waals surface area contributed by atoms with Crippen molar-refractivity contribution in [3.05, 3.63) is 76.5 Å². The van der Waals surface area contributed by atoms with Crippen molar-refractivity contribution in [3.63, 3.8) is 0 Å². The topological polar surface area (TPSA) is 161 Å². The molecule has 15 nitrogen and oxygen atoms in total. The minimum Gasteiger partial charge on any atom is -0.393 e. The van der Waals surface area contributed by atoms with Crippen molar-refractivity contribution in [2.24, 2.45) is 13.0 Å². The highest BCUT2D eigenvalue weighted by Gasteiger charge is 2.31. The van der Waals surface area contributed by atoms with Crippen molar-refractivity contribution in [1.82, 2.24) is 38.8 Å². The summed E-state index contributed by atoms with van der Waals surface area (Å²) < 4.78 is 17.2. The van der Waals surface area contributed by atoms with Gasteiger partial charge in [0.2, 0.25) is 17.8 Å². The summed E-state index contributed by atoms with van der Waals surface area (Å²) in [5, 5.41) is 17.2. The molecule has 15 heteroatoms. The van der Waals surface area contributed by atoms with E-state index in [1.807, 2.05) is 24.4 Å². The van der Waals surface area contributed by atoms with Crippen LogP contribution < -0.4 is 16.3 Å². The molecule has 2 amide bonds. The Kier molecular flexibility index (Phi) is 15.2. The molecule has 0 bridgehead atoms. The molecule has 344 valence electrons. The Morgan fingerprint density at radius 3 is 2.31 bits per heavy atom. The molecule has 0 radical (unpaired) electrons. The van der Waals surface area contributed by atoms with Gasteiger partial charge in [-0.05, 0) is 79.7 Å². The first-order valence-electron chi connectivity index (χ1n) is 23.7. The molecule has 3 aromatic heterocycles. The summed E-state index contributed by atoms with van der Waals surface area (Å²) >= 11 is 0. The number of piperidine rings is 1. The molecule has 8 rings (SSSR count). The van der Waals surface area contributed by atoms with E-state index in [-0.39, 0.29) is 24.1 Å². The zero-order chi connectivity index (χ0) is 44.6. The Bertz CT molecular complexity index is 2410. The van der Waals surface area contributed by atoms with Crippen LogP contribution in [0.2, 0.25) is 0 Å². The molecule has 0 spiro atoms. The lowest BCUT2D eigenvalue weighted by molar-refractivity contribution is -0.135. The maximum atomic E-state index is 13.1. The molecule has 3 aliphatic rings. The molecule has 2 aromatic carbocycles. The van der Waals surface area contributed by atoms with Crippen molar-refractivity contribution in [1.29, 1.82) is 0 Å². The van der Waals surface area contributed by atoms with Gasteiger partial charge in [0.25, 0.3) is 0 Å². The van der Waals surface area contributed by atoms with Gasteiger partial charge in [-0.3, -0.25) is 33.8 Å². The van der Waals surface area contributed by atoms with Crippen LogP contribution in [0.3, 0.4) is 0 Å². The number of benzene rings is 2. The number of nitrogens with zero attached hydrogens (tertiary/aromatic N) is 7. The zero-order valence-electron chi connectivity index (χ0n) is 38.0. The number of anilines is 1. The number of imidazole rings is 1. The number of amides is 2. The highest BCUT2D eigenvalue weighted by atomic mass is 16.5. The number of aliphatic hydroxyl groups is 1. The molecule has 64 heavy (non-hydrogen) atoms. The van der Waals surface area contributed by atoms with E-state index in [1.165, 1.54) is 15.7 Å². The zero-order valence-corrected chi connectivity index (χ0v) is 38.0. The van der Waals surface area contributed by atoms with Crippen LogP contribution in [0.4, 0.5) is 5.95 Å². The molecule has 1 unspecified atom stereocenters. The standard InChI is InChI=1S/C49H67N9O6/c1-4-34(5-2)30-50-48-51-31-40-41(33-57(46(40)53-48)38-13-15-39(59)16-14-38)37-11-8-36(9-12-37)32-56-22-20-55(21-23-56)24-26-64-28-27-63-25-6-7-35-10-17-42-44(29-35)54(3)49(62)58(42)43-18-19-45(60)52-47(43)61/h8-12,17,29,31,33-34,38-39,43,59H,4-7,13-16,18-28,30,32H2,1-3H3,(H,50,51,53)(H,52,60,61). The molecule has 1 aliphatic carbocycles. The van der Waals surface area contributed by atoms with Gasteiger partial charge in [-0.15, -0.1) is 0 Å². The molecule has 5 heterocycles. The van der Waals surface area contributed by atoms with Crippen LogP contribution >= 0.6 is 0 Å². The number of hydrogen-bond acceptors (Lipinski definition) is 11. The van der Waals surface area contributed by atoms with Gasteiger partial charge < -0.3 is 24.5 Å². The van der Waals surface area contributed by atoms with E-state index in [9.17, 15) is 19.5 Å². The average molecular weight is 878 g/mol. The minimum atomic E-state index is -0.683. The van der Waals surface area contributed by atoms with E-state index in [0.717, 1.165) is 125 Å². The summed E-state index contributed by atoms with van der Waals surface area (Å²) in [5.41, 5.74) is 6.92. The number of fused-ring (bicyclic) bond motifs is 2. The van der Waals surface area contributed by atoms with Crippen LogP contribution in [-0.4, -0.2) is 122 Å². The summed E-state index contributed by atoms with van der Waals surface area (Å²) in [6.45, 7) is 13.7. The predicted octanol–water partition coefficient (Wildman–Crippen LogP) is 5.84. The van der Waals surface area contributed by atoms with E-state index in [2.05, 4.69) is 69.3 Å². The van der Waals surface area contributed by atoms with Gasteiger partial charge in [-0.25, -0.2) is 9.78 Å². The predicted molar refractivity (Wildman–Crippen MR) is 249 cm³/mol. The first-order valence-corrected chi connectivity index (χ1v) is 23.7. The third kappa shape index (κ3) is 10.8. The Morgan fingerprint density at radius 1 is 0.859 bits per heavy atom. The number of piperazine rings is 1. The summed E-state index contributed by atoms with van der Waals surface area (Å²) in [5.74, 6) is 0.560. The highest BCUT2D eigenvalue weighted by molar-refractivity contribution is 6.00. The average Bonchev–Trinajstić information content (AvgIpc) is 3.80. The van der Waals surface area contributed by atoms with Gasteiger partial charge in [0, 0.05) is 95.3 Å². The number of aliphatic hydroxyl groups excluding tert-OH is 1. The fourth-order valence-electron chi connectivity index (χ4n) is 9.68. The quantitative estimate of drug-likeness (QED) is 0.0637. The normalized spacial score (nSPS) is 20.2. The number of hydrogen-bond donors (Lipinski definition) is 3. The highest BCUT2D eigenvalue weighted by Crippen LogP contribution is 2.37. The van der Waals surface area contributed by atoms with E-state index >= 15 is 0 Å². The monoisotopic (exact) mass is 878 g/mol. The van der Waals surface area contributed by atoms with Crippen molar-refractivity contribution in [2.45, 2.75) is 103 Å². The van der Waals surface area contributed by atoms with Crippen LogP contribution in [0.15, 0.2) is 59.7 Å². The first-order chi connectivity index (χ1) is 31.2. The van der Waals surface area contributed by atoms with Crippen LogP contribution in [0.1, 0.15) is 94.8 Å². The van der Waals surface area contributed by atoms with Gasteiger partial charge in [0.05, 0.1) is 37.0 Å². The molecule has 5 aromatic rings. The number of carbonyl (C=O) groups is 2. The summed E-state index contributed by atoms with van der Waals surface area (Å²) in [6, 6.07) is 14.5. The largest absolute Gasteiger partial charge is 0.393 e. The van der Waals surface area contributed by atoms with Crippen molar-refractivity contribution in [2.75, 3.05) is 71.0 Å². The van der Waals surface area contributed by atoms with Gasteiger partial charge in [0.15, 0.2) is 0 Å². The number of aryl methyl sites for hydroxylation is 2. The summed E-state index contributed by atoms with van der Waals surface area (Å²) in [7, 11) is 1.72. The smallest absolute Gasteiger partial charge is 0.329 e. The van der Waals surface area contributed by atoms with E-state index in [0.29, 0.717) is 56.3 Å². The lowest BCUT2D eigenvalue weighted by Crippen LogP contribution is -2.46. The molecule has 2 saturated heterocycles. The Morgan fingerprint density at radius 2 is 1.58 bits per heavy atom. The maximum Gasteiger partial charge on any atom is 0.329 e. The molecule has 3 N–H and O–H groups in total. The second kappa shape index (κ2) is 21.4. The number of rotatable bonds is 20. The van der Waals surface area contributed by atoms with Gasteiger partial charge in [0.1, 0.15) is 11.7 Å². The molecule has 1 saturated carbocycles. The van der Waals surface area contributed by atoms with Crippen LogP contribution in [-0.2, 0) is 39.1 Å². The molecule has 3 fully saturated rings. The number of imide groups is 1. The van der Waals surface area contributed by atoms with Crippen LogP contribution in [0.25, 0.3) is 33.2 Å². The lowest BCUT2D eigenvalue weighted by atomic mass is 9.93. The van der Waals surface area contributed by atoms with Gasteiger partial charge in [-0.1, -0.05) is 57.0 Å². The van der Waals surface area contributed by atoms with Crippen LogP contribution in [0.5, 0.6) is 0 Å². The minimum absolute atomic E-state index is 0.204. The third-order valence-electron chi connectivity index (χ3n) is 13.8. The second-order valence-corrected chi connectivity index (χ2v) is 18.1. The Labute approximate surface area is 376 Å². The fourth-order valence-corrected chi connectivity index (χ4v) is 9.68. The Balaban J connectivity index is 0.738. The third-order valence-corrected chi connectivity index (χ3v) is 13.8. The summed E-state index contributed by atoms with van der Waals surface area (Å²) in [6.07, 6.45) is 12.0. The maximum absolute atomic E-state index is 13.1. The van der Waals surface area contributed by atoms with Crippen molar-refractivity contribution >= 4 is 39.8 Å². The Hall–Kier alpha value is -4.93. The van der Waals surface area contributed by atoms with Crippen molar-refractivity contribution < 1.29 is 24.2 Å². The summed E-state index contributed by atoms with van der Waals surface area (Å²) in [4.78, 5) is 52.0. The van der Waals surface area contributed by atoms with Crippen LogP contribution in [0, 0.1) is 5.92 Å². The van der Waals surface area contributed by atoms with E-state index in [4.69, 9.17) is 19.4 Å². The number of carbonyl (C=O) groups excluding carboxylic acids is 2. The van der Waals surface area contributed by atoms with Crippen molar-refractivity contribution in [3.8, 4) is 11.1 Å².